The molecular formula is C13H12F4N2O3. The van der Waals surface area contributed by atoms with Crippen LogP contribution in [0.2, 0.25) is 0 Å². The predicted molar refractivity (Wildman–Crippen MR) is 68.2 cm³/mol. The lowest BCUT2D eigenvalue weighted by Gasteiger charge is -2.36. The third-order valence-corrected chi connectivity index (χ3v) is 3.30. The van der Waals surface area contributed by atoms with E-state index >= 15 is 0 Å². The van der Waals surface area contributed by atoms with Crippen molar-refractivity contribution in [1.29, 1.82) is 0 Å². The van der Waals surface area contributed by atoms with E-state index in [1.807, 2.05) is 0 Å². The van der Waals surface area contributed by atoms with Crippen molar-refractivity contribution >= 4 is 17.6 Å². The number of halogens is 4. The van der Waals surface area contributed by atoms with Gasteiger partial charge in [-0.3, -0.25) is 4.79 Å². The van der Waals surface area contributed by atoms with Crippen LogP contribution < -0.4 is 4.90 Å². The number of alkyl halides is 3. The number of aromatic carboxylic acids is 1. The number of carboxylic acid groups (broad SMARTS) is 1. The molecule has 0 radical (unpaired) electrons. The van der Waals surface area contributed by atoms with Gasteiger partial charge in [0.05, 0.1) is 5.56 Å². The van der Waals surface area contributed by atoms with Gasteiger partial charge in [0.25, 0.3) is 0 Å². The van der Waals surface area contributed by atoms with E-state index in [1.54, 1.807) is 0 Å². The van der Waals surface area contributed by atoms with Gasteiger partial charge in [-0.15, -0.1) is 0 Å². The molecule has 1 N–H and O–H groups in total. The molecular weight excluding hydrogens is 308 g/mol. The third kappa shape index (κ3) is 3.46. The molecule has 0 unspecified atom stereocenters. The first-order valence-corrected chi connectivity index (χ1v) is 6.33. The molecule has 9 heteroatoms. The third-order valence-electron chi connectivity index (χ3n) is 3.30. The molecule has 0 aromatic heterocycles. The van der Waals surface area contributed by atoms with E-state index in [2.05, 4.69) is 0 Å². The number of hydrogen-bond acceptors (Lipinski definition) is 3. The second-order valence-electron chi connectivity index (χ2n) is 4.78. The molecule has 1 aromatic rings. The first-order valence-electron chi connectivity index (χ1n) is 6.33. The summed E-state index contributed by atoms with van der Waals surface area (Å²) in [6.45, 7) is -0.219. The average Bonchev–Trinajstić information content (AvgIpc) is 2.45. The molecule has 0 spiro atoms. The first kappa shape index (κ1) is 16.1. The zero-order valence-electron chi connectivity index (χ0n) is 11.2. The van der Waals surface area contributed by atoms with E-state index < -0.39 is 23.9 Å². The van der Waals surface area contributed by atoms with Gasteiger partial charge >= 0.3 is 18.1 Å². The van der Waals surface area contributed by atoms with Gasteiger partial charge in [0.2, 0.25) is 0 Å². The quantitative estimate of drug-likeness (QED) is 0.843. The summed E-state index contributed by atoms with van der Waals surface area (Å²) in [5.74, 6) is -3.95. The Balaban J connectivity index is 2.09. The van der Waals surface area contributed by atoms with Gasteiger partial charge < -0.3 is 14.9 Å². The maximum Gasteiger partial charge on any atom is 0.471 e. The minimum Gasteiger partial charge on any atom is -0.478 e. The molecule has 2 rings (SSSR count). The molecule has 0 bridgehead atoms. The van der Waals surface area contributed by atoms with E-state index in [9.17, 15) is 27.2 Å². The summed E-state index contributed by atoms with van der Waals surface area (Å²) in [5.41, 5.74) is 0.0142. The number of carbonyl (C=O) groups is 2. The smallest absolute Gasteiger partial charge is 0.471 e. The Morgan fingerprint density at radius 3 is 2.14 bits per heavy atom. The van der Waals surface area contributed by atoms with E-state index in [0.717, 1.165) is 12.1 Å². The molecule has 1 fully saturated rings. The molecule has 1 heterocycles. The van der Waals surface area contributed by atoms with Gasteiger partial charge in [0, 0.05) is 31.9 Å². The van der Waals surface area contributed by atoms with Crippen LogP contribution in [-0.4, -0.2) is 54.2 Å². The summed E-state index contributed by atoms with van der Waals surface area (Å²) in [5, 5.41) is 8.87. The SMILES string of the molecule is O=C(O)c1cc(F)cc(N2CCN(C(=O)C(F)(F)F)CC2)c1. The Hall–Kier alpha value is -2.32. The molecule has 1 aliphatic heterocycles. The fourth-order valence-electron chi connectivity index (χ4n) is 2.23. The van der Waals surface area contributed by atoms with Gasteiger partial charge in [0.1, 0.15) is 5.82 Å². The number of carboxylic acids is 1. The lowest BCUT2D eigenvalue weighted by molar-refractivity contribution is -0.185. The molecule has 22 heavy (non-hydrogen) atoms. The van der Waals surface area contributed by atoms with Crippen molar-refractivity contribution < 1.29 is 32.3 Å². The van der Waals surface area contributed by atoms with Crippen LogP contribution in [0.5, 0.6) is 0 Å². The Kier molecular flexibility index (Phi) is 4.25. The maximum absolute atomic E-state index is 13.4. The van der Waals surface area contributed by atoms with Gasteiger partial charge in [-0.25, -0.2) is 9.18 Å². The number of piperazine rings is 1. The van der Waals surface area contributed by atoms with Crippen molar-refractivity contribution in [1.82, 2.24) is 4.90 Å². The number of nitrogens with zero attached hydrogens (tertiary/aromatic N) is 2. The van der Waals surface area contributed by atoms with Gasteiger partial charge in [-0.1, -0.05) is 0 Å². The van der Waals surface area contributed by atoms with Gasteiger partial charge in [-0.2, -0.15) is 13.2 Å². The minimum absolute atomic E-state index is 0.0599. The second-order valence-corrected chi connectivity index (χ2v) is 4.78. The van der Waals surface area contributed by atoms with Crippen LogP contribution in [0.4, 0.5) is 23.2 Å². The normalized spacial score (nSPS) is 15.8. The van der Waals surface area contributed by atoms with Crippen molar-refractivity contribution in [2.24, 2.45) is 0 Å². The number of rotatable bonds is 2. The zero-order valence-corrected chi connectivity index (χ0v) is 11.2. The Labute approximate surface area is 122 Å². The highest BCUT2D eigenvalue weighted by Crippen LogP contribution is 2.23. The molecule has 5 nitrogen and oxygen atoms in total. The van der Waals surface area contributed by atoms with Crippen molar-refractivity contribution in [3.8, 4) is 0 Å². The Morgan fingerprint density at radius 2 is 1.64 bits per heavy atom. The van der Waals surface area contributed by atoms with Gasteiger partial charge in [-0.05, 0) is 18.2 Å². The standard InChI is InChI=1S/C13H12F4N2O3/c14-9-5-8(11(20)21)6-10(7-9)18-1-3-19(4-2-18)12(22)13(15,16)17/h5-7H,1-4H2,(H,20,21). The molecule has 1 saturated heterocycles. The van der Waals surface area contributed by atoms with E-state index in [0.29, 0.717) is 4.90 Å². The van der Waals surface area contributed by atoms with Crippen molar-refractivity contribution in [2.75, 3.05) is 31.1 Å². The highest BCUT2D eigenvalue weighted by Gasteiger charge is 2.43. The van der Waals surface area contributed by atoms with E-state index in [4.69, 9.17) is 5.11 Å². The Bertz CT molecular complexity index is 595. The van der Waals surface area contributed by atoms with Crippen LogP contribution in [-0.2, 0) is 4.79 Å². The molecule has 1 aromatic carbocycles. The topological polar surface area (TPSA) is 60.9 Å². The molecule has 1 amide bonds. The van der Waals surface area contributed by atoms with Crippen LogP contribution in [0.25, 0.3) is 0 Å². The van der Waals surface area contributed by atoms with Crippen LogP contribution in [0.3, 0.4) is 0 Å². The number of carbonyl (C=O) groups excluding carboxylic acids is 1. The molecule has 0 atom stereocenters. The maximum atomic E-state index is 13.4. The fraction of sp³-hybridized carbons (Fsp3) is 0.385. The van der Waals surface area contributed by atoms with Crippen LogP contribution in [0, 0.1) is 5.82 Å². The highest BCUT2D eigenvalue weighted by atomic mass is 19.4. The average molecular weight is 320 g/mol. The summed E-state index contributed by atoms with van der Waals surface area (Å²) in [6.07, 6.45) is -4.92. The van der Waals surface area contributed by atoms with Crippen molar-refractivity contribution in [3.63, 3.8) is 0 Å². The monoisotopic (exact) mass is 320 g/mol. The van der Waals surface area contributed by atoms with Crippen molar-refractivity contribution in [2.45, 2.75) is 6.18 Å². The summed E-state index contributed by atoms with van der Waals surface area (Å²) in [4.78, 5) is 24.2. The van der Waals surface area contributed by atoms with Crippen LogP contribution >= 0.6 is 0 Å². The lowest BCUT2D eigenvalue weighted by atomic mass is 10.1. The molecule has 0 aliphatic carbocycles. The highest BCUT2D eigenvalue weighted by molar-refractivity contribution is 5.89. The van der Waals surface area contributed by atoms with E-state index in [1.165, 1.54) is 11.0 Å². The molecule has 1 aliphatic rings. The van der Waals surface area contributed by atoms with Gasteiger partial charge in [0.15, 0.2) is 0 Å². The summed E-state index contributed by atoms with van der Waals surface area (Å²) in [6, 6.07) is 3.20. The summed E-state index contributed by atoms with van der Waals surface area (Å²) < 4.78 is 50.4. The molecule has 120 valence electrons. The number of benzene rings is 1. The first-order chi connectivity index (χ1) is 10.2. The number of hydrogen-bond donors (Lipinski definition) is 1. The fourth-order valence-corrected chi connectivity index (χ4v) is 2.23. The molecule has 0 saturated carbocycles. The lowest BCUT2D eigenvalue weighted by Crippen LogP contribution is -2.52. The van der Waals surface area contributed by atoms with Crippen molar-refractivity contribution in [3.05, 3.63) is 29.6 Å². The summed E-state index contributed by atoms with van der Waals surface area (Å²) in [7, 11) is 0. The minimum atomic E-state index is -4.92. The second kappa shape index (κ2) is 5.82. The summed E-state index contributed by atoms with van der Waals surface area (Å²) >= 11 is 0. The van der Waals surface area contributed by atoms with Crippen LogP contribution in [0.1, 0.15) is 10.4 Å². The zero-order chi connectivity index (χ0) is 16.5. The number of anilines is 1. The van der Waals surface area contributed by atoms with Crippen LogP contribution in [0.15, 0.2) is 18.2 Å². The predicted octanol–water partition coefficient (Wildman–Crippen LogP) is 1.73. The largest absolute Gasteiger partial charge is 0.478 e. The number of amides is 1. The van der Waals surface area contributed by atoms with E-state index in [-0.39, 0.29) is 37.4 Å². The Morgan fingerprint density at radius 1 is 1.05 bits per heavy atom.